The van der Waals surface area contributed by atoms with Crippen LogP contribution in [0.5, 0.6) is 5.75 Å². The fourth-order valence-electron chi connectivity index (χ4n) is 3.02. The van der Waals surface area contributed by atoms with E-state index in [0.29, 0.717) is 0 Å². The van der Waals surface area contributed by atoms with Gasteiger partial charge in [0.05, 0.1) is 0 Å². The summed E-state index contributed by atoms with van der Waals surface area (Å²) in [5.41, 5.74) is 2.70. The fourth-order valence-corrected chi connectivity index (χ4v) is 3.63. The third kappa shape index (κ3) is 2.03. The molecule has 1 aliphatic carbocycles. The van der Waals surface area contributed by atoms with Crippen LogP contribution in [0.2, 0.25) is 0 Å². The molecule has 0 amide bonds. The van der Waals surface area contributed by atoms with Crippen LogP contribution >= 0.6 is 11.6 Å². The standard InChI is InChI=1S/C16H23ClO/c1-5-16(6-2)14(17)10-15(16)18-13-9-7-8-11(3)12(13)4/h7-9,14-15H,5-6,10H2,1-4H3. The maximum atomic E-state index is 6.42. The van der Waals surface area contributed by atoms with Crippen molar-refractivity contribution in [1.29, 1.82) is 0 Å². The van der Waals surface area contributed by atoms with Crippen LogP contribution in [0.1, 0.15) is 44.2 Å². The number of hydrogen-bond donors (Lipinski definition) is 0. The highest BCUT2D eigenvalue weighted by molar-refractivity contribution is 6.21. The largest absolute Gasteiger partial charge is 0.489 e. The van der Waals surface area contributed by atoms with E-state index in [0.717, 1.165) is 25.0 Å². The minimum Gasteiger partial charge on any atom is -0.489 e. The van der Waals surface area contributed by atoms with Gasteiger partial charge >= 0.3 is 0 Å². The zero-order chi connectivity index (χ0) is 13.3. The first-order valence-electron chi connectivity index (χ1n) is 6.92. The molecule has 0 radical (unpaired) electrons. The van der Waals surface area contributed by atoms with Crippen LogP contribution in [0.3, 0.4) is 0 Å². The Morgan fingerprint density at radius 3 is 2.50 bits per heavy atom. The molecular weight excluding hydrogens is 244 g/mol. The molecule has 100 valence electrons. The van der Waals surface area contributed by atoms with Crippen molar-refractivity contribution in [2.24, 2.45) is 5.41 Å². The average Bonchev–Trinajstić information content (AvgIpc) is 2.36. The van der Waals surface area contributed by atoms with Crippen LogP contribution in [-0.4, -0.2) is 11.5 Å². The van der Waals surface area contributed by atoms with Crippen molar-refractivity contribution in [1.82, 2.24) is 0 Å². The molecular formula is C16H23ClO. The molecule has 2 rings (SSSR count). The summed E-state index contributed by atoms with van der Waals surface area (Å²) >= 11 is 6.42. The Hall–Kier alpha value is -0.690. The number of hydrogen-bond acceptors (Lipinski definition) is 1. The first-order valence-corrected chi connectivity index (χ1v) is 7.35. The molecule has 1 saturated carbocycles. The van der Waals surface area contributed by atoms with Gasteiger partial charge in [0, 0.05) is 17.2 Å². The van der Waals surface area contributed by atoms with Gasteiger partial charge in [-0.05, 0) is 43.9 Å². The topological polar surface area (TPSA) is 9.23 Å². The molecule has 0 aromatic heterocycles. The lowest BCUT2D eigenvalue weighted by atomic mass is 9.62. The molecule has 0 spiro atoms. The van der Waals surface area contributed by atoms with Gasteiger partial charge in [-0.2, -0.15) is 0 Å². The van der Waals surface area contributed by atoms with Gasteiger partial charge < -0.3 is 4.74 Å². The van der Waals surface area contributed by atoms with Gasteiger partial charge in [-0.3, -0.25) is 0 Å². The molecule has 0 saturated heterocycles. The van der Waals surface area contributed by atoms with E-state index in [2.05, 4.69) is 45.9 Å². The molecule has 18 heavy (non-hydrogen) atoms. The Morgan fingerprint density at radius 2 is 1.94 bits per heavy atom. The average molecular weight is 267 g/mol. The number of rotatable bonds is 4. The summed E-state index contributed by atoms with van der Waals surface area (Å²) in [7, 11) is 0. The molecule has 1 aliphatic rings. The van der Waals surface area contributed by atoms with Crippen molar-refractivity contribution in [3.8, 4) is 5.75 Å². The van der Waals surface area contributed by atoms with E-state index in [1.807, 2.05) is 0 Å². The van der Waals surface area contributed by atoms with E-state index in [9.17, 15) is 0 Å². The number of benzene rings is 1. The SMILES string of the molecule is CCC1(CC)C(Cl)CC1Oc1cccc(C)c1C. The smallest absolute Gasteiger partial charge is 0.122 e. The predicted octanol–water partition coefficient (Wildman–Crippen LogP) is 4.87. The van der Waals surface area contributed by atoms with Crippen LogP contribution in [0.25, 0.3) is 0 Å². The molecule has 0 aliphatic heterocycles. The predicted molar refractivity (Wildman–Crippen MR) is 77.6 cm³/mol. The van der Waals surface area contributed by atoms with E-state index in [-0.39, 0.29) is 16.9 Å². The van der Waals surface area contributed by atoms with Gasteiger partial charge in [-0.25, -0.2) is 0 Å². The Balaban J connectivity index is 2.18. The van der Waals surface area contributed by atoms with Crippen LogP contribution < -0.4 is 4.74 Å². The van der Waals surface area contributed by atoms with E-state index in [1.165, 1.54) is 11.1 Å². The quantitative estimate of drug-likeness (QED) is 0.707. The Morgan fingerprint density at radius 1 is 1.28 bits per heavy atom. The molecule has 2 heteroatoms. The highest BCUT2D eigenvalue weighted by Gasteiger charge is 2.53. The lowest BCUT2D eigenvalue weighted by Crippen LogP contribution is -2.56. The molecule has 1 fully saturated rings. The normalized spacial score (nSPS) is 25.6. The van der Waals surface area contributed by atoms with E-state index in [1.54, 1.807) is 0 Å². The molecule has 0 heterocycles. The van der Waals surface area contributed by atoms with Crippen molar-refractivity contribution in [2.75, 3.05) is 0 Å². The molecule has 0 N–H and O–H groups in total. The van der Waals surface area contributed by atoms with Crippen LogP contribution in [0.15, 0.2) is 18.2 Å². The second-order valence-electron chi connectivity index (χ2n) is 5.45. The summed E-state index contributed by atoms with van der Waals surface area (Å²) in [6, 6.07) is 6.26. The number of ether oxygens (including phenoxy) is 1. The van der Waals surface area contributed by atoms with Gasteiger partial charge in [0.2, 0.25) is 0 Å². The summed E-state index contributed by atoms with van der Waals surface area (Å²) < 4.78 is 6.25. The van der Waals surface area contributed by atoms with Gasteiger partial charge in [0.1, 0.15) is 11.9 Å². The van der Waals surface area contributed by atoms with Crippen molar-refractivity contribution in [3.05, 3.63) is 29.3 Å². The number of alkyl halides is 1. The third-order valence-electron chi connectivity index (χ3n) is 4.83. The highest BCUT2D eigenvalue weighted by Crippen LogP contribution is 2.52. The lowest BCUT2D eigenvalue weighted by molar-refractivity contribution is -0.0465. The van der Waals surface area contributed by atoms with Gasteiger partial charge in [0.15, 0.2) is 0 Å². The lowest BCUT2D eigenvalue weighted by Gasteiger charge is -2.52. The molecule has 2 atom stereocenters. The minimum atomic E-state index is 0.164. The Kier molecular flexibility index (Phi) is 3.91. The summed E-state index contributed by atoms with van der Waals surface area (Å²) in [6.45, 7) is 8.69. The molecule has 0 bridgehead atoms. The Bertz CT molecular complexity index is 423. The van der Waals surface area contributed by atoms with Gasteiger partial charge in [-0.1, -0.05) is 26.0 Å². The van der Waals surface area contributed by atoms with Crippen LogP contribution in [-0.2, 0) is 0 Å². The second-order valence-corrected chi connectivity index (χ2v) is 5.97. The zero-order valence-electron chi connectivity index (χ0n) is 11.8. The van der Waals surface area contributed by atoms with Crippen molar-refractivity contribution < 1.29 is 4.74 Å². The minimum absolute atomic E-state index is 0.164. The number of halogens is 1. The monoisotopic (exact) mass is 266 g/mol. The second kappa shape index (κ2) is 5.13. The van der Waals surface area contributed by atoms with E-state index < -0.39 is 0 Å². The summed E-state index contributed by atoms with van der Waals surface area (Å²) in [4.78, 5) is 0. The number of aryl methyl sites for hydroxylation is 1. The van der Waals surface area contributed by atoms with Crippen LogP contribution in [0.4, 0.5) is 0 Å². The maximum Gasteiger partial charge on any atom is 0.122 e. The van der Waals surface area contributed by atoms with E-state index >= 15 is 0 Å². The summed E-state index contributed by atoms with van der Waals surface area (Å²) in [5.74, 6) is 1.02. The molecule has 1 nitrogen and oxygen atoms in total. The van der Waals surface area contributed by atoms with E-state index in [4.69, 9.17) is 16.3 Å². The third-order valence-corrected chi connectivity index (χ3v) is 5.44. The molecule has 2 unspecified atom stereocenters. The molecule has 1 aromatic rings. The first-order chi connectivity index (χ1) is 8.55. The maximum absolute atomic E-state index is 6.42. The van der Waals surface area contributed by atoms with Crippen molar-refractivity contribution in [2.45, 2.75) is 58.4 Å². The van der Waals surface area contributed by atoms with Crippen LogP contribution in [0, 0.1) is 19.3 Å². The van der Waals surface area contributed by atoms with Crippen molar-refractivity contribution >= 4 is 11.6 Å². The Labute approximate surface area is 115 Å². The van der Waals surface area contributed by atoms with Crippen molar-refractivity contribution in [3.63, 3.8) is 0 Å². The highest BCUT2D eigenvalue weighted by atomic mass is 35.5. The first kappa shape index (κ1) is 13.7. The summed E-state index contributed by atoms with van der Waals surface area (Å²) in [6.07, 6.45) is 3.42. The molecule has 1 aromatic carbocycles. The van der Waals surface area contributed by atoms with Gasteiger partial charge in [0.25, 0.3) is 0 Å². The summed E-state index contributed by atoms with van der Waals surface area (Å²) in [5, 5.41) is 0.266. The van der Waals surface area contributed by atoms with Gasteiger partial charge in [-0.15, -0.1) is 11.6 Å². The fraction of sp³-hybridized carbons (Fsp3) is 0.625. The zero-order valence-corrected chi connectivity index (χ0v) is 12.6.